The highest BCUT2D eigenvalue weighted by Gasteiger charge is 2.24. The Bertz CT molecular complexity index is 715. The van der Waals surface area contributed by atoms with E-state index in [1.165, 1.54) is 10.9 Å². The van der Waals surface area contributed by atoms with Crippen LogP contribution in [0.15, 0.2) is 36.5 Å². The van der Waals surface area contributed by atoms with E-state index in [-0.39, 0.29) is 37.7 Å². The fraction of sp³-hybridized carbons (Fsp3) is 0.353. The number of ether oxygens (including phenoxy) is 1. The fourth-order valence-electron chi connectivity index (χ4n) is 2.40. The lowest BCUT2D eigenvalue weighted by atomic mass is 9.99. The molecule has 1 aromatic heterocycles. The Morgan fingerprint density at radius 2 is 2.08 bits per heavy atom. The number of aliphatic hydroxyl groups is 1. The molecule has 1 aromatic carbocycles. The lowest BCUT2D eigenvalue weighted by Crippen LogP contribution is -2.33. The minimum atomic E-state index is -0.612. The zero-order valence-corrected chi connectivity index (χ0v) is 14.0. The van der Waals surface area contributed by atoms with Crippen molar-refractivity contribution >= 4 is 17.7 Å². The number of aliphatic hydroxyl groups excluding tert-OH is 1. The van der Waals surface area contributed by atoms with Gasteiger partial charge in [0.2, 0.25) is 0 Å². The number of anilines is 1. The predicted molar refractivity (Wildman–Crippen MR) is 91.9 cm³/mol. The normalized spacial score (nSPS) is 11.8. The summed E-state index contributed by atoms with van der Waals surface area (Å²) in [5.74, 6) is -1.29. The summed E-state index contributed by atoms with van der Waals surface area (Å²) in [6.07, 6.45) is 1.34. The molecule has 1 atom stereocenters. The Labute approximate surface area is 145 Å². The molecule has 8 heteroatoms. The number of carbonyl (C=O) groups is 2. The van der Waals surface area contributed by atoms with Crippen LogP contribution in [0.1, 0.15) is 28.8 Å². The summed E-state index contributed by atoms with van der Waals surface area (Å²) < 4.78 is 6.44. The van der Waals surface area contributed by atoms with E-state index in [2.05, 4.69) is 10.4 Å². The molecular weight excluding hydrogens is 324 g/mol. The smallest absolute Gasteiger partial charge is 0.315 e. The van der Waals surface area contributed by atoms with Crippen LogP contribution in [0.5, 0.6) is 0 Å². The van der Waals surface area contributed by atoms with Crippen LogP contribution >= 0.6 is 0 Å². The van der Waals surface area contributed by atoms with E-state index in [9.17, 15) is 9.59 Å². The van der Waals surface area contributed by atoms with Crippen molar-refractivity contribution in [1.82, 2.24) is 15.1 Å². The van der Waals surface area contributed by atoms with Crippen LogP contribution in [-0.2, 0) is 16.1 Å². The van der Waals surface area contributed by atoms with E-state index in [4.69, 9.17) is 15.6 Å². The number of esters is 1. The van der Waals surface area contributed by atoms with Crippen molar-refractivity contribution in [3.8, 4) is 0 Å². The van der Waals surface area contributed by atoms with Gasteiger partial charge in [0.05, 0.1) is 31.9 Å². The van der Waals surface area contributed by atoms with Crippen LogP contribution in [0.25, 0.3) is 0 Å². The highest BCUT2D eigenvalue weighted by atomic mass is 16.5. The number of carbonyl (C=O) groups excluding carboxylic acids is 2. The summed E-state index contributed by atoms with van der Waals surface area (Å²) in [7, 11) is 0. The average molecular weight is 346 g/mol. The second-order valence-electron chi connectivity index (χ2n) is 5.32. The van der Waals surface area contributed by atoms with Crippen molar-refractivity contribution < 1.29 is 19.4 Å². The fourth-order valence-corrected chi connectivity index (χ4v) is 2.40. The second kappa shape index (κ2) is 8.84. The molecule has 2 rings (SSSR count). The first-order chi connectivity index (χ1) is 12.1. The SMILES string of the molecule is CCOC(=O)C(CNC(=O)c1cnn(CCO)c1N)c1ccccc1. The lowest BCUT2D eigenvalue weighted by Gasteiger charge is -2.16. The van der Waals surface area contributed by atoms with Crippen LogP contribution in [0.3, 0.4) is 0 Å². The molecule has 2 aromatic rings. The van der Waals surface area contributed by atoms with E-state index < -0.39 is 17.8 Å². The zero-order chi connectivity index (χ0) is 18.2. The third-order valence-electron chi connectivity index (χ3n) is 3.68. The molecule has 0 aliphatic heterocycles. The highest BCUT2D eigenvalue weighted by Crippen LogP contribution is 2.17. The van der Waals surface area contributed by atoms with E-state index in [0.29, 0.717) is 0 Å². The number of aromatic nitrogens is 2. The third-order valence-corrected chi connectivity index (χ3v) is 3.68. The summed E-state index contributed by atoms with van der Waals surface area (Å²) in [6.45, 7) is 2.14. The zero-order valence-electron chi connectivity index (χ0n) is 14.0. The maximum Gasteiger partial charge on any atom is 0.315 e. The van der Waals surface area contributed by atoms with Gasteiger partial charge in [-0.05, 0) is 12.5 Å². The average Bonchev–Trinajstić information content (AvgIpc) is 2.97. The van der Waals surface area contributed by atoms with Crippen molar-refractivity contribution in [2.75, 3.05) is 25.5 Å². The summed E-state index contributed by atoms with van der Waals surface area (Å²) >= 11 is 0. The number of benzene rings is 1. The van der Waals surface area contributed by atoms with E-state index in [0.717, 1.165) is 5.56 Å². The maximum absolute atomic E-state index is 12.3. The second-order valence-corrected chi connectivity index (χ2v) is 5.32. The molecule has 0 fully saturated rings. The molecule has 0 bridgehead atoms. The number of nitrogens with two attached hydrogens (primary N) is 1. The molecule has 0 aliphatic rings. The summed E-state index contributed by atoms with van der Waals surface area (Å²) in [5.41, 5.74) is 6.81. The molecule has 134 valence electrons. The molecule has 8 nitrogen and oxygen atoms in total. The van der Waals surface area contributed by atoms with Gasteiger partial charge >= 0.3 is 5.97 Å². The summed E-state index contributed by atoms with van der Waals surface area (Å²) in [4.78, 5) is 24.5. The van der Waals surface area contributed by atoms with Gasteiger partial charge in [-0.25, -0.2) is 4.68 Å². The Kier molecular flexibility index (Phi) is 6.53. The van der Waals surface area contributed by atoms with Gasteiger partial charge < -0.3 is 20.9 Å². The molecule has 1 amide bonds. The molecule has 25 heavy (non-hydrogen) atoms. The molecule has 0 saturated carbocycles. The van der Waals surface area contributed by atoms with Gasteiger partial charge in [0.1, 0.15) is 11.4 Å². The highest BCUT2D eigenvalue weighted by molar-refractivity contribution is 5.98. The number of hydrogen-bond acceptors (Lipinski definition) is 6. The first-order valence-corrected chi connectivity index (χ1v) is 8.00. The number of nitrogen functional groups attached to an aromatic ring is 1. The van der Waals surface area contributed by atoms with Gasteiger partial charge in [-0.1, -0.05) is 30.3 Å². The molecule has 0 spiro atoms. The molecule has 0 radical (unpaired) electrons. The molecule has 4 N–H and O–H groups in total. The molecule has 0 saturated heterocycles. The number of nitrogens with zero attached hydrogens (tertiary/aromatic N) is 2. The Hall–Kier alpha value is -2.87. The van der Waals surface area contributed by atoms with Crippen LogP contribution in [0.4, 0.5) is 5.82 Å². The quantitative estimate of drug-likeness (QED) is 0.600. The number of amides is 1. The van der Waals surface area contributed by atoms with Gasteiger partial charge in [-0.15, -0.1) is 0 Å². The maximum atomic E-state index is 12.3. The minimum absolute atomic E-state index is 0.0757. The van der Waals surface area contributed by atoms with Gasteiger partial charge in [0.15, 0.2) is 0 Å². The molecule has 1 heterocycles. The van der Waals surface area contributed by atoms with Crippen LogP contribution in [-0.4, -0.2) is 46.5 Å². The van der Waals surface area contributed by atoms with Gasteiger partial charge in [-0.3, -0.25) is 9.59 Å². The topological polar surface area (TPSA) is 119 Å². The van der Waals surface area contributed by atoms with Crippen molar-refractivity contribution in [1.29, 1.82) is 0 Å². The molecule has 0 aliphatic carbocycles. The molecular formula is C17H22N4O4. The van der Waals surface area contributed by atoms with E-state index in [1.807, 2.05) is 18.2 Å². The Morgan fingerprint density at radius 3 is 2.72 bits per heavy atom. The Morgan fingerprint density at radius 1 is 1.36 bits per heavy atom. The first kappa shape index (κ1) is 18.5. The predicted octanol–water partition coefficient (Wildman–Crippen LogP) is 0.534. The first-order valence-electron chi connectivity index (χ1n) is 8.00. The monoisotopic (exact) mass is 346 g/mol. The standard InChI is InChI=1S/C17H22N4O4/c1-2-25-17(24)13(12-6-4-3-5-7-12)10-19-16(23)14-11-20-21(8-9-22)15(14)18/h3-7,11,13,22H,2,8-10,18H2,1H3,(H,19,23). The van der Waals surface area contributed by atoms with Crippen molar-refractivity contribution in [2.45, 2.75) is 19.4 Å². The van der Waals surface area contributed by atoms with Crippen molar-refractivity contribution in [3.05, 3.63) is 47.7 Å². The van der Waals surface area contributed by atoms with Crippen LogP contribution in [0.2, 0.25) is 0 Å². The third kappa shape index (κ3) is 4.57. The Balaban J connectivity index is 2.09. The number of hydrogen-bond donors (Lipinski definition) is 3. The van der Waals surface area contributed by atoms with Crippen molar-refractivity contribution in [3.63, 3.8) is 0 Å². The van der Waals surface area contributed by atoms with Crippen LogP contribution in [0, 0.1) is 0 Å². The van der Waals surface area contributed by atoms with Gasteiger partial charge in [0.25, 0.3) is 5.91 Å². The minimum Gasteiger partial charge on any atom is -0.465 e. The summed E-state index contributed by atoms with van der Waals surface area (Å²) in [5, 5.41) is 15.6. The van der Waals surface area contributed by atoms with Crippen molar-refractivity contribution in [2.24, 2.45) is 0 Å². The lowest BCUT2D eigenvalue weighted by molar-refractivity contribution is -0.144. The van der Waals surface area contributed by atoms with E-state index >= 15 is 0 Å². The molecule has 1 unspecified atom stereocenters. The van der Waals surface area contributed by atoms with Crippen LogP contribution < -0.4 is 11.1 Å². The number of rotatable bonds is 8. The van der Waals surface area contributed by atoms with E-state index in [1.54, 1.807) is 19.1 Å². The van der Waals surface area contributed by atoms with Gasteiger partial charge in [0, 0.05) is 6.54 Å². The summed E-state index contributed by atoms with van der Waals surface area (Å²) in [6, 6.07) is 9.10. The number of nitrogens with one attached hydrogen (secondary N) is 1. The largest absolute Gasteiger partial charge is 0.465 e. The van der Waals surface area contributed by atoms with Gasteiger partial charge in [-0.2, -0.15) is 5.10 Å².